The van der Waals surface area contributed by atoms with Gasteiger partial charge in [-0.05, 0) is 19.1 Å². The molecule has 120 valence electrons. The molecule has 24 heavy (non-hydrogen) atoms. The number of ether oxygens (including phenoxy) is 1. The van der Waals surface area contributed by atoms with E-state index in [0.717, 1.165) is 33.4 Å². The first-order chi connectivity index (χ1) is 11.6. The molecule has 0 saturated carbocycles. The minimum atomic E-state index is -0.644. The van der Waals surface area contributed by atoms with Gasteiger partial charge in [-0.3, -0.25) is 4.79 Å². The zero-order chi connectivity index (χ0) is 16.8. The van der Waals surface area contributed by atoms with Gasteiger partial charge in [0.05, 0.1) is 5.52 Å². The molecule has 1 saturated heterocycles. The SMILES string of the molecule is CCn1c2ccccc2c2cccc(/C=C3\OC(=O)N(C)C3=O)c21. The summed E-state index contributed by atoms with van der Waals surface area (Å²) < 4.78 is 7.29. The second kappa shape index (κ2) is 5.23. The van der Waals surface area contributed by atoms with Gasteiger partial charge in [0.2, 0.25) is 0 Å². The Bertz CT molecular complexity index is 1030. The van der Waals surface area contributed by atoms with E-state index in [0.29, 0.717) is 0 Å². The average Bonchev–Trinajstić information content (AvgIpc) is 3.05. The van der Waals surface area contributed by atoms with E-state index >= 15 is 0 Å². The lowest BCUT2D eigenvalue weighted by Crippen LogP contribution is -2.23. The van der Waals surface area contributed by atoms with Crippen LogP contribution in [-0.4, -0.2) is 28.5 Å². The maximum Gasteiger partial charge on any atom is 0.422 e. The van der Waals surface area contributed by atoms with Gasteiger partial charge in [0.15, 0.2) is 5.76 Å². The van der Waals surface area contributed by atoms with Crippen molar-refractivity contribution in [3.05, 3.63) is 53.8 Å². The average molecular weight is 320 g/mol. The van der Waals surface area contributed by atoms with E-state index in [1.54, 1.807) is 6.08 Å². The molecule has 0 radical (unpaired) electrons. The molecule has 3 aromatic rings. The van der Waals surface area contributed by atoms with Gasteiger partial charge in [0.1, 0.15) is 0 Å². The van der Waals surface area contributed by atoms with E-state index in [4.69, 9.17) is 4.74 Å². The summed E-state index contributed by atoms with van der Waals surface area (Å²) in [7, 11) is 1.41. The van der Waals surface area contributed by atoms with Gasteiger partial charge < -0.3 is 9.30 Å². The number of carbonyl (C=O) groups is 2. The summed E-state index contributed by atoms with van der Waals surface area (Å²) in [5.41, 5.74) is 3.04. The molecule has 1 aromatic heterocycles. The first kappa shape index (κ1) is 14.5. The van der Waals surface area contributed by atoms with Crippen LogP contribution in [0.1, 0.15) is 12.5 Å². The van der Waals surface area contributed by atoms with Crippen LogP contribution >= 0.6 is 0 Å². The number of hydrogen-bond donors (Lipinski definition) is 0. The molecule has 1 aliphatic heterocycles. The maximum atomic E-state index is 12.1. The summed E-state index contributed by atoms with van der Waals surface area (Å²) >= 11 is 0. The van der Waals surface area contributed by atoms with Crippen LogP contribution in [0.5, 0.6) is 0 Å². The van der Waals surface area contributed by atoms with Crippen molar-refractivity contribution < 1.29 is 14.3 Å². The number of aryl methyl sites for hydroxylation is 1. The Balaban J connectivity index is 2.01. The number of carbonyl (C=O) groups excluding carboxylic acids is 2. The van der Waals surface area contributed by atoms with E-state index in [2.05, 4.69) is 29.7 Å². The Hall–Kier alpha value is -3.08. The fraction of sp³-hybridized carbons (Fsp3) is 0.158. The van der Waals surface area contributed by atoms with Crippen LogP contribution < -0.4 is 0 Å². The van der Waals surface area contributed by atoms with Crippen molar-refractivity contribution in [3.63, 3.8) is 0 Å². The van der Waals surface area contributed by atoms with Gasteiger partial charge in [-0.1, -0.05) is 36.4 Å². The number of benzene rings is 2. The number of hydrogen-bond acceptors (Lipinski definition) is 3. The van der Waals surface area contributed by atoms with Crippen LogP contribution in [-0.2, 0) is 16.1 Å². The highest BCUT2D eigenvalue weighted by molar-refractivity contribution is 6.13. The van der Waals surface area contributed by atoms with Crippen molar-refractivity contribution in [1.82, 2.24) is 9.47 Å². The molecule has 5 heteroatoms. The lowest BCUT2D eigenvalue weighted by Gasteiger charge is -2.06. The van der Waals surface area contributed by atoms with Gasteiger partial charge in [-0.15, -0.1) is 0 Å². The first-order valence-electron chi connectivity index (χ1n) is 7.83. The van der Waals surface area contributed by atoms with Crippen molar-refractivity contribution >= 4 is 39.9 Å². The molecule has 0 bridgehead atoms. The second-order valence-corrected chi connectivity index (χ2v) is 5.75. The standard InChI is InChI=1S/C19H16N2O3/c1-3-21-15-10-5-4-8-13(15)14-9-6-7-12(17(14)21)11-16-18(22)20(2)19(23)24-16/h4-11H,3H2,1-2H3/b16-11-. The van der Waals surface area contributed by atoms with E-state index in [-0.39, 0.29) is 5.76 Å². The van der Waals surface area contributed by atoms with Crippen molar-refractivity contribution in [2.45, 2.75) is 13.5 Å². The summed E-state index contributed by atoms with van der Waals surface area (Å²) in [6.45, 7) is 2.89. The van der Waals surface area contributed by atoms with Crippen LogP contribution in [0.4, 0.5) is 4.79 Å². The van der Waals surface area contributed by atoms with Gasteiger partial charge >= 0.3 is 6.09 Å². The van der Waals surface area contributed by atoms with Crippen molar-refractivity contribution in [2.75, 3.05) is 7.05 Å². The Morgan fingerprint density at radius 1 is 1.04 bits per heavy atom. The fourth-order valence-electron chi connectivity index (χ4n) is 3.27. The van der Waals surface area contributed by atoms with Crippen LogP contribution in [0, 0.1) is 0 Å². The number of likely N-dealkylation sites (N-methyl/N-ethyl adjacent to an activating group) is 1. The van der Waals surface area contributed by atoms with Gasteiger partial charge in [-0.25, -0.2) is 9.69 Å². The summed E-state index contributed by atoms with van der Waals surface area (Å²) in [5, 5.41) is 2.29. The molecule has 0 unspecified atom stereocenters. The normalized spacial score (nSPS) is 16.6. The molecule has 2 heterocycles. The number of para-hydroxylation sites is 2. The Kier molecular flexibility index (Phi) is 3.16. The highest BCUT2D eigenvalue weighted by Gasteiger charge is 2.33. The van der Waals surface area contributed by atoms with Crippen LogP contribution in [0.15, 0.2) is 48.2 Å². The number of aromatic nitrogens is 1. The maximum absolute atomic E-state index is 12.1. The zero-order valence-electron chi connectivity index (χ0n) is 13.4. The van der Waals surface area contributed by atoms with Crippen LogP contribution in [0.25, 0.3) is 27.9 Å². The minimum Gasteiger partial charge on any atom is -0.404 e. The van der Waals surface area contributed by atoms with Gasteiger partial charge in [-0.2, -0.15) is 0 Å². The monoisotopic (exact) mass is 320 g/mol. The number of amides is 2. The van der Waals surface area contributed by atoms with E-state index in [9.17, 15) is 9.59 Å². The summed E-state index contributed by atoms with van der Waals surface area (Å²) in [4.78, 5) is 24.6. The summed E-state index contributed by atoms with van der Waals surface area (Å²) in [5.74, 6) is -0.362. The van der Waals surface area contributed by atoms with Crippen molar-refractivity contribution in [2.24, 2.45) is 0 Å². The fourth-order valence-corrected chi connectivity index (χ4v) is 3.27. The number of nitrogens with zero attached hydrogens (tertiary/aromatic N) is 2. The second-order valence-electron chi connectivity index (χ2n) is 5.75. The van der Waals surface area contributed by atoms with Gasteiger partial charge in [0.25, 0.3) is 5.91 Å². The lowest BCUT2D eigenvalue weighted by atomic mass is 10.1. The molecule has 0 N–H and O–H groups in total. The third kappa shape index (κ3) is 1.94. The first-order valence-corrected chi connectivity index (χ1v) is 7.83. The molecule has 4 rings (SSSR count). The molecule has 0 spiro atoms. The number of imide groups is 1. The molecule has 2 amide bonds. The van der Waals surface area contributed by atoms with Crippen LogP contribution in [0.2, 0.25) is 0 Å². The van der Waals surface area contributed by atoms with E-state index < -0.39 is 12.0 Å². The number of fused-ring (bicyclic) bond motifs is 3. The third-order valence-electron chi connectivity index (χ3n) is 4.41. The summed E-state index contributed by atoms with van der Waals surface area (Å²) in [6.07, 6.45) is 1.01. The quantitative estimate of drug-likeness (QED) is 0.676. The third-order valence-corrected chi connectivity index (χ3v) is 4.41. The molecule has 5 nitrogen and oxygen atoms in total. The minimum absolute atomic E-state index is 0.0582. The molecule has 1 fully saturated rings. The predicted octanol–water partition coefficient (Wildman–Crippen LogP) is 3.76. The van der Waals surface area contributed by atoms with E-state index in [1.165, 1.54) is 12.4 Å². The van der Waals surface area contributed by atoms with Crippen LogP contribution in [0.3, 0.4) is 0 Å². The van der Waals surface area contributed by atoms with Crippen molar-refractivity contribution in [1.29, 1.82) is 0 Å². The number of rotatable bonds is 2. The lowest BCUT2D eigenvalue weighted by molar-refractivity contribution is -0.122. The molecular formula is C19H16N2O3. The number of cyclic esters (lactones) is 1. The molecule has 2 aromatic carbocycles. The summed E-state index contributed by atoms with van der Waals surface area (Å²) in [6, 6.07) is 14.2. The Labute approximate surface area is 138 Å². The Morgan fingerprint density at radius 2 is 1.79 bits per heavy atom. The largest absolute Gasteiger partial charge is 0.422 e. The van der Waals surface area contributed by atoms with E-state index in [1.807, 2.05) is 24.3 Å². The topological polar surface area (TPSA) is 51.5 Å². The highest BCUT2D eigenvalue weighted by Crippen LogP contribution is 2.32. The highest BCUT2D eigenvalue weighted by atomic mass is 16.6. The van der Waals surface area contributed by atoms with Crippen molar-refractivity contribution in [3.8, 4) is 0 Å². The molecule has 1 aliphatic rings. The zero-order valence-corrected chi connectivity index (χ0v) is 13.4. The molecule has 0 aliphatic carbocycles. The molecular weight excluding hydrogens is 304 g/mol. The molecule has 0 atom stereocenters. The Morgan fingerprint density at radius 3 is 2.50 bits per heavy atom. The predicted molar refractivity (Wildman–Crippen MR) is 92.3 cm³/mol. The van der Waals surface area contributed by atoms with Gasteiger partial charge in [0, 0.05) is 35.4 Å². The smallest absolute Gasteiger partial charge is 0.404 e.